The van der Waals surface area contributed by atoms with Crippen molar-refractivity contribution in [2.45, 2.75) is 36.2 Å². The first-order valence-electron chi connectivity index (χ1n) is 11.6. The van der Waals surface area contributed by atoms with E-state index in [0.29, 0.717) is 19.4 Å². The molecular formula is C25H31N5O4S. The van der Waals surface area contributed by atoms with E-state index in [4.69, 9.17) is 0 Å². The Balaban J connectivity index is 1.37. The Bertz CT molecular complexity index is 1290. The highest BCUT2D eigenvalue weighted by atomic mass is 32.2. The van der Waals surface area contributed by atoms with Crippen LogP contribution in [0.3, 0.4) is 0 Å². The molecule has 1 aromatic carbocycles. The van der Waals surface area contributed by atoms with Crippen LogP contribution < -0.4 is 9.62 Å². The van der Waals surface area contributed by atoms with E-state index < -0.39 is 15.6 Å². The highest BCUT2D eigenvalue weighted by Gasteiger charge is 2.36. The number of carbonyl (C=O) groups excluding carboxylic acids is 1. The molecule has 2 aromatic heterocycles. The molecule has 0 saturated carbocycles. The maximum atomic E-state index is 12.8. The quantitative estimate of drug-likeness (QED) is 0.489. The summed E-state index contributed by atoms with van der Waals surface area (Å²) < 4.78 is 26.0. The largest absolute Gasteiger partial charge is 0.386 e. The van der Waals surface area contributed by atoms with Crippen LogP contribution in [0.15, 0.2) is 59.9 Å². The van der Waals surface area contributed by atoms with Crippen molar-refractivity contribution >= 4 is 32.5 Å². The Morgan fingerprint density at radius 3 is 2.71 bits per heavy atom. The SMILES string of the molecule is CNS(=O)(=O)c1ccc(CCC(=O)N(C)CC2(O)CCCN(c3ccnc4ccncc34)C2)cc1. The van der Waals surface area contributed by atoms with E-state index in [-0.39, 0.29) is 23.8 Å². The van der Waals surface area contributed by atoms with Gasteiger partial charge in [0.25, 0.3) is 0 Å². The summed E-state index contributed by atoms with van der Waals surface area (Å²) in [4.78, 5) is 25.4. The molecular weight excluding hydrogens is 466 g/mol. The van der Waals surface area contributed by atoms with Gasteiger partial charge in [-0.3, -0.25) is 14.8 Å². The molecule has 186 valence electrons. The number of benzene rings is 1. The fraction of sp³-hybridized carbons (Fsp3) is 0.400. The molecule has 1 fully saturated rings. The number of aliphatic hydroxyl groups is 1. The van der Waals surface area contributed by atoms with Crippen LogP contribution >= 0.6 is 0 Å². The van der Waals surface area contributed by atoms with Gasteiger partial charge in [0.15, 0.2) is 0 Å². The molecule has 1 aliphatic heterocycles. The number of piperidine rings is 1. The van der Waals surface area contributed by atoms with Crippen molar-refractivity contribution in [3.05, 3.63) is 60.6 Å². The summed E-state index contributed by atoms with van der Waals surface area (Å²) in [5.74, 6) is -0.0685. The van der Waals surface area contributed by atoms with Crippen molar-refractivity contribution in [3.8, 4) is 0 Å². The zero-order valence-corrected chi connectivity index (χ0v) is 20.8. The number of aryl methyl sites for hydroxylation is 1. The van der Waals surface area contributed by atoms with Gasteiger partial charge in [0.05, 0.1) is 22.6 Å². The highest BCUT2D eigenvalue weighted by molar-refractivity contribution is 7.89. The van der Waals surface area contributed by atoms with Gasteiger partial charge in [-0.1, -0.05) is 12.1 Å². The summed E-state index contributed by atoms with van der Waals surface area (Å²) in [5.41, 5.74) is 1.70. The van der Waals surface area contributed by atoms with Crippen molar-refractivity contribution < 1.29 is 18.3 Å². The summed E-state index contributed by atoms with van der Waals surface area (Å²) in [6.07, 6.45) is 7.46. The number of hydrogen-bond donors (Lipinski definition) is 2. The molecule has 3 aromatic rings. The Morgan fingerprint density at radius 1 is 1.20 bits per heavy atom. The van der Waals surface area contributed by atoms with Gasteiger partial charge in [-0.05, 0) is 56.1 Å². The number of rotatable bonds is 8. The number of nitrogens with one attached hydrogen (secondary N) is 1. The van der Waals surface area contributed by atoms with Crippen molar-refractivity contribution in [2.75, 3.05) is 38.6 Å². The van der Waals surface area contributed by atoms with Crippen LogP contribution in [0.2, 0.25) is 0 Å². The van der Waals surface area contributed by atoms with Gasteiger partial charge < -0.3 is 14.9 Å². The van der Waals surface area contributed by atoms with Gasteiger partial charge in [0.2, 0.25) is 15.9 Å². The minimum Gasteiger partial charge on any atom is -0.386 e. The van der Waals surface area contributed by atoms with E-state index >= 15 is 0 Å². The normalized spacial score (nSPS) is 18.5. The molecule has 1 amide bonds. The number of β-amino-alcohol motifs (C(OH)–C–C–N with tert-alkyl or cyclic N) is 1. The second-order valence-electron chi connectivity index (χ2n) is 9.07. The molecule has 1 aliphatic rings. The van der Waals surface area contributed by atoms with Gasteiger partial charge in [0, 0.05) is 56.2 Å². The van der Waals surface area contributed by atoms with Gasteiger partial charge in [-0.15, -0.1) is 0 Å². The van der Waals surface area contributed by atoms with Gasteiger partial charge >= 0.3 is 0 Å². The predicted octanol–water partition coefficient (Wildman–Crippen LogP) is 1.96. The van der Waals surface area contributed by atoms with Crippen molar-refractivity contribution in [1.29, 1.82) is 0 Å². The van der Waals surface area contributed by atoms with E-state index in [9.17, 15) is 18.3 Å². The lowest BCUT2D eigenvalue weighted by molar-refractivity contribution is -0.133. The fourth-order valence-corrected chi connectivity index (χ4v) is 5.35. The third-order valence-electron chi connectivity index (χ3n) is 6.50. The van der Waals surface area contributed by atoms with Crippen LogP contribution in [-0.2, 0) is 21.2 Å². The summed E-state index contributed by atoms with van der Waals surface area (Å²) >= 11 is 0. The van der Waals surface area contributed by atoms with Crippen LogP contribution in [0, 0.1) is 0 Å². The van der Waals surface area contributed by atoms with E-state index in [1.54, 1.807) is 42.7 Å². The molecule has 0 aliphatic carbocycles. The van der Waals surface area contributed by atoms with E-state index in [2.05, 4.69) is 19.6 Å². The molecule has 10 heteroatoms. The van der Waals surface area contributed by atoms with Crippen molar-refractivity contribution in [1.82, 2.24) is 19.6 Å². The summed E-state index contributed by atoms with van der Waals surface area (Å²) in [7, 11) is -0.399. The maximum Gasteiger partial charge on any atom is 0.240 e. The minimum absolute atomic E-state index is 0.0685. The topological polar surface area (TPSA) is 116 Å². The van der Waals surface area contributed by atoms with Crippen molar-refractivity contribution in [3.63, 3.8) is 0 Å². The number of likely N-dealkylation sites (N-methyl/N-ethyl adjacent to an activating group) is 1. The Hall–Kier alpha value is -3.08. The molecule has 1 atom stereocenters. The number of hydrogen-bond acceptors (Lipinski definition) is 7. The molecule has 2 N–H and O–H groups in total. The summed E-state index contributed by atoms with van der Waals surface area (Å²) in [6, 6.07) is 10.3. The third kappa shape index (κ3) is 5.77. The standard InChI is InChI=1S/C25H31N5O4S/c1-26-35(33,34)20-7-4-19(5-8-20)6-9-24(31)29(2)17-25(32)12-3-15-30(18-25)23-11-14-28-22-10-13-27-16-21(22)23/h4-5,7-8,10-11,13-14,16,26,32H,3,6,9,12,15,17-18H2,1-2H3. The number of pyridine rings is 2. The number of aromatic nitrogens is 2. The molecule has 0 spiro atoms. The molecule has 1 saturated heterocycles. The maximum absolute atomic E-state index is 12.8. The van der Waals surface area contributed by atoms with Gasteiger partial charge in [-0.25, -0.2) is 13.1 Å². The number of sulfonamides is 1. The first-order chi connectivity index (χ1) is 16.7. The molecule has 4 rings (SSSR count). The average Bonchev–Trinajstić information content (AvgIpc) is 2.87. The summed E-state index contributed by atoms with van der Waals surface area (Å²) in [5, 5.41) is 12.3. The summed E-state index contributed by atoms with van der Waals surface area (Å²) in [6.45, 7) is 1.47. The third-order valence-corrected chi connectivity index (χ3v) is 7.93. The van der Waals surface area contributed by atoms with Crippen LogP contribution in [0.4, 0.5) is 5.69 Å². The molecule has 0 bridgehead atoms. The average molecular weight is 498 g/mol. The lowest BCUT2D eigenvalue weighted by Gasteiger charge is -2.42. The van der Waals surface area contributed by atoms with Gasteiger partial charge in [-0.2, -0.15) is 0 Å². The lowest BCUT2D eigenvalue weighted by Crippen LogP contribution is -2.54. The minimum atomic E-state index is -3.48. The van der Waals surface area contributed by atoms with E-state index in [0.717, 1.165) is 35.1 Å². The number of carbonyl (C=O) groups is 1. The number of amides is 1. The predicted molar refractivity (Wildman–Crippen MR) is 135 cm³/mol. The Kier molecular flexibility index (Phi) is 7.34. The number of fused-ring (bicyclic) bond motifs is 1. The fourth-order valence-electron chi connectivity index (χ4n) is 4.62. The Labute approximate surface area is 205 Å². The Morgan fingerprint density at radius 2 is 1.97 bits per heavy atom. The van der Waals surface area contributed by atoms with Crippen molar-refractivity contribution in [2.24, 2.45) is 0 Å². The molecule has 1 unspecified atom stereocenters. The monoisotopic (exact) mass is 497 g/mol. The second-order valence-corrected chi connectivity index (χ2v) is 11.0. The van der Waals surface area contributed by atoms with E-state index in [1.165, 1.54) is 19.2 Å². The number of anilines is 1. The molecule has 0 radical (unpaired) electrons. The zero-order chi connectivity index (χ0) is 25.1. The van der Waals surface area contributed by atoms with Crippen LogP contribution in [-0.4, -0.2) is 73.6 Å². The smallest absolute Gasteiger partial charge is 0.240 e. The second kappa shape index (κ2) is 10.3. The van der Waals surface area contributed by atoms with Crippen LogP contribution in [0.1, 0.15) is 24.8 Å². The first kappa shape index (κ1) is 25.0. The number of nitrogens with zero attached hydrogens (tertiary/aromatic N) is 4. The lowest BCUT2D eigenvalue weighted by atomic mass is 9.91. The van der Waals surface area contributed by atoms with Gasteiger partial charge in [0.1, 0.15) is 0 Å². The van der Waals surface area contributed by atoms with Crippen LogP contribution in [0.25, 0.3) is 10.9 Å². The highest BCUT2D eigenvalue weighted by Crippen LogP contribution is 2.31. The molecule has 35 heavy (non-hydrogen) atoms. The van der Waals surface area contributed by atoms with E-state index in [1.807, 2.05) is 12.1 Å². The molecule has 3 heterocycles. The van der Waals surface area contributed by atoms with Crippen LogP contribution in [0.5, 0.6) is 0 Å². The first-order valence-corrected chi connectivity index (χ1v) is 13.1. The zero-order valence-electron chi connectivity index (χ0n) is 20.0. The molecule has 9 nitrogen and oxygen atoms in total.